The van der Waals surface area contributed by atoms with Crippen molar-refractivity contribution in [2.45, 2.75) is 108 Å². The van der Waals surface area contributed by atoms with Gasteiger partial charge in [-0.05, 0) is 36.7 Å². The second kappa shape index (κ2) is 20.7. The van der Waals surface area contributed by atoms with Crippen LogP contribution in [0.3, 0.4) is 0 Å². The van der Waals surface area contributed by atoms with Crippen molar-refractivity contribution in [3.63, 3.8) is 0 Å². The molecule has 1 aliphatic carbocycles. The quantitative estimate of drug-likeness (QED) is 0.0832. The van der Waals surface area contributed by atoms with Gasteiger partial charge in [0.15, 0.2) is 6.04 Å². The van der Waals surface area contributed by atoms with Gasteiger partial charge < -0.3 is 41.0 Å². The summed E-state index contributed by atoms with van der Waals surface area (Å²) in [7, 11) is -4.26. The number of ether oxygens (including phenoxy) is 1. The molecule has 54 heavy (non-hydrogen) atoms. The number of aromatic nitrogens is 2. The van der Waals surface area contributed by atoms with Gasteiger partial charge in [-0.1, -0.05) is 76.3 Å². The highest BCUT2D eigenvalue weighted by Gasteiger charge is 2.39. The summed E-state index contributed by atoms with van der Waals surface area (Å²) in [6.07, 6.45) is 4.89. The van der Waals surface area contributed by atoms with Gasteiger partial charge in [-0.3, -0.25) is 14.4 Å². The van der Waals surface area contributed by atoms with Crippen molar-refractivity contribution in [2.75, 3.05) is 26.3 Å². The third-order valence-electron chi connectivity index (χ3n) is 9.76. The number of imidazole rings is 1. The number of carboxylic acid groups (broad SMARTS) is 1. The van der Waals surface area contributed by atoms with E-state index in [0.717, 1.165) is 36.4 Å². The van der Waals surface area contributed by atoms with Crippen molar-refractivity contribution in [1.29, 1.82) is 0 Å². The molecule has 1 aromatic carbocycles. The van der Waals surface area contributed by atoms with E-state index >= 15 is 0 Å². The predicted molar refractivity (Wildman–Crippen MR) is 197 cm³/mol. The van der Waals surface area contributed by atoms with Gasteiger partial charge in [0.25, 0.3) is 22.0 Å². The van der Waals surface area contributed by atoms with E-state index in [1.807, 2.05) is 13.8 Å². The predicted octanol–water partition coefficient (Wildman–Crippen LogP) is 0.00740. The summed E-state index contributed by atoms with van der Waals surface area (Å²) in [5, 5.41) is 39.6. The highest BCUT2D eigenvalue weighted by Crippen LogP contribution is 2.29. The average Bonchev–Trinajstić information content (AvgIpc) is 3.66. The molecule has 0 radical (unpaired) electrons. The Balaban J connectivity index is 1.65. The van der Waals surface area contributed by atoms with Gasteiger partial charge in [0.2, 0.25) is 5.91 Å². The number of amides is 3. The van der Waals surface area contributed by atoms with E-state index in [4.69, 9.17) is 4.74 Å². The first-order chi connectivity index (χ1) is 25.7. The normalized spacial score (nSPS) is 19.2. The van der Waals surface area contributed by atoms with Crippen LogP contribution in [0.25, 0.3) is 0 Å². The first-order valence-electron chi connectivity index (χ1n) is 18.6. The van der Waals surface area contributed by atoms with Gasteiger partial charge in [0.05, 0.1) is 31.7 Å². The van der Waals surface area contributed by atoms with Gasteiger partial charge in [-0.25, -0.2) is 9.78 Å². The number of aliphatic hydroxyl groups excluding tert-OH is 2. The minimum Gasteiger partial charge on any atom is -0.480 e. The summed E-state index contributed by atoms with van der Waals surface area (Å²) < 4.78 is 35.7. The van der Waals surface area contributed by atoms with E-state index in [9.17, 15) is 42.9 Å². The molecule has 8 N–H and O–H groups in total. The minimum atomic E-state index is -4.26. The van der Waals surface area contributed by atoms with Crippen LogP contribution >= 0.6 is 0 Å². The van der Waals surface area contributed by atoms with Crippen LogP contribution in [0, 0.1) is 11.8 Å². The summed E-state index contributed by atoms with van der Waals surface area (Å²) in [5.41, 5.74) is 0.955. The van der Waals surface area contributed by atoms with Crippen molar-refractivity contribution in [2.24, 2.45) is 11.8 Å². The number of aliphatic carboxylic acids is 1. The Bertz CT molecular complexity index is 1600. The molecule has 2 fully saturated rings. The molecule has 2 aromatic rings. The summed E-state index contributed by atoms with van der Waals surface area (Å²) >= 11 is 0. The van der Waals surface area contributed by atoms with Crippen LogP contribution in [0.2, 0.25) is 0 Å². The van der Waals surface area contributed by atoms with Crippen molar-refractivity contribution in [1.82, 2.24) is 34.9 Å². The molecule has 2 aliphatic rings. The molecule has 1 saturated heterocycles. The molecule has 3 amide bonds. The Morgan fingerprint density at radius 3 is 2.20 bits per heavy atom. The van der Waals surface area contributed by atoms with Crippen LogP contribution in [0.5, 0.6) is 0 Å². The molecule has 0 spiro atoms. The second-order valence-corrected chi connectivity index (χ2v) is 16.2. The number of carboxylic acids is 1. The average molecular weight is 778 g/mol. The molecule has 6 atom stereocenters. The third kappa shape index (κ3) is 13.1. The van der Waals surface area contributed by atoms with Crippen LogP contribution < -0.4 is 20.7 Å². The zero-order valence-electron chi connectivity index (χ0n) is 30.9. The third-order valence-corrected chi connectivity index (χ3v) is 11.4. The number of hydrogen-bond acceptors (Lipinski definition) is 10. The molecule has 2 heterocycles. The number of nitrogens with zero attached hydrogens (tertiary/aromatic N) is 2. The molecule has 17 nitrogen and oxygen atoms in total. The molecule has 4 rings (SSSR count). The molecule has 300 valence electrons. The number of aromatic amines is 1. The number of morpholine rings is 1. The van der Waals surface area contributed by atoms with Crippen LogP contribution in [0.4, 0.5) is 0 Å². The Labute approximate surface area is 316 Å². The fourth-order valence-corrected chi connectivity index (χ4v) is 8.19. The van der Waals surface area contributed by atoms with E-state index in [1.165, 1.54) is 12.5 Å². The lowest BCUT2D eigenvalue weighted by atomic mass is 9.82. The van der Waals surface area contributed by atoms with Crippen molar-refractivity contribution >= 4 is 33.9 Å². The second-order valence-electron chi connectivity index (χ2n) is 14.5. The number of hydrogen-bond donors (Lipinski definition) is 8. The fourth-order valence-electron chi connectivity index (χ4n) is 6.87. The number of carbonyl (C=O) groups excluding carboxylic acids is 3. The number of nitrogens with one attached hydrogen (secondary N) is 5. The fraction of sp³-hybridized carbons (Fsp3) is 0.639. The Kier molecular flexibility index (Phi) is 16.4. The first kappa shape index (κ1) is 42.8. The standard InChI is InChI=1S/C36H55N7O10S/c1-23(2)17-30(44)32(45)27(18-24-9-5-3-6-10-24)39-34(47)31(35(48)40-29(36(49)50)20-26-21-37-22-38-26)41-33(46)28(19-25-11-7-4-8-12-25)42-54(51,52)43-13-15-53-16-14-43/h4,7-8,11-12,21-24,27-32,42,44-45H,3,5-6,9-10,13-20H2,1-2H3,(H,37,38)(H,39,47)(H,40,48)(H,41,46)(H,49,50)/t27-,28-,29?,30+,31?,32+/m0/s1. The molecule has 1 aliphatic heterocycles. The number of H-pyrrole nitrogens is 1. The zero-order chi connectivity index (χ0) is 39.3. The molecule has 2 unspecified atom stereocenters. The van der Waals surface area contributed by atoms with Crippen molar-refractivity contribution in [3.8, 4) is 0 Å². The molecule has 18 heteroatoms. The minimum absolute atomic E-state index is 0.0177. The van der Waals surface area contributed by atoms with Gasteiger partial charge in [0, 0.05) is 31.4 Å². The van der Waals surface area contributed by atoms with Crippen LogP contribution in [0.1, 0.15) is 70.1 Å². The lowest BCUT2D eigenvalue weighted by Gasteiger charge is -2.34. The molecular formula is C36H55N7O10S. The summed E-state index contributed by atoms with van der Waals surface area (Å²) in [4.78, 5) is 61.1. The number of rotatable bonds is 20. The van der Waals surface area contributed by atoms with Gasteiger partial charge in [-0.2, -0.15) is 17.4 Å². The first-order valence-corrected chi connectivity index (χ1v) is 20.0. The molecule has 1 aromatic heterocycles. The van der Waals surface area contributed by atoms with E-state index in [-0.39, 0.29) is 63.8 Å². The molecular weight excluding hydrogens is 723 g/mol. The number of aliphatic hydroxyl groups is 2. The molecule has 1 saturated carbocycles. The zero-order valence-corrected chi connectivity index (χ0v) is 31.7. The SMILES string of the molecule is CC(C)C[C@@H](O)[C@H](O)[C@H](CC1CCCCC1)NC(=O)C(NC(=O)[C@H](Cc1ccccc1)NS(=O)(=O)N1CCOCC1)C(=O)NC(Cc1cnc[nH]1)C(=O)O. The maximum absolute atomic E-state index is 14.2. The monoisotopic (exact) mass is 777 g/mol. The lowest BCUT2D eigenvalue weighted by Crippen LogP contribution is -2.63. The van der Waals surface area contributed by atoms with E-state index in [2.05, 4.69) is 30.6 Å². The smallest absolute Gasteiger partial charge is 0.326 e. The van der Waals surface area contributed by atoms with Gasteiger partial charge in [0.1, 0.15) is 18.2 Å². The Morgan fingerprint density at radius 2 is 1.59 bits per heavy atom. The van der Waals surface area contributed by atoms with E-state index < -0.39 is 70.3 Å². The summed E-state index contributed by atoms with van der Waals surface area (Å²) in [6.45, 7) is 4.15. The van der Waals surface area contributed by atoms with E-state index in [0.29, 0.717) is 11.3 Å². The highest BCUT2D eigenvalue weighted by atomic mass is 32.2. The lowest BCUT2D eigenvalue weighted by molar-refractivity contribution is -0.144. The molecule has 0 bridgehead atoms. The maximum atomic E-state index is 14.2. The van der Waals surface area contributed by atoms with Gasteiger partial charge >= 0.3 is 5.97 Å². The Morgan fingerprint density at radius 1 is 0.926 bits per heavy atom. The van der Waals surface area contributed by atoms with Crippen molar-refractivity contribution < 1.29 is 47.7 Å². The topological polar surface area (TPSA) is 252 Å². The highest BCUT2D eigenvalue weighted by molar-refractivity contribution is 7.87. The number of carbonyl (C=O) groups is 4. The number of benzene rings is 1. The van der Waals surface area contributed by atoms with E-state index in [1.54, 1.807) is 30.3 Å². The van der Waals surface area contributed by atoms with Crippen molar-refractivity contribution in [3.05, 3.63) is 54.1 Å². The largest absolute Gasteiger partial charge is 0.480 e. The van der Waals surface area contributed by atoms with Crippen LogP contribution in [-0.4, -0.2) is 124 Å². The van der Waals surface area contributed by atoms with Gasteiger partial charge in [-0.15, -0.1) is 0 Å². The van der Waals surface area contributed by atoms with Crippen LogP contribution in [0.15, 0.2) is 42.9 Å². The maximum Gasteiger partial charge on any atom is 0.326 e. The summed E-state index contributed by atoms with van der Waals surface area (Å²) in [5.74, 6) is -4.58. The summed E-state index contributed by atoms with van der Waals surface area (Å²) in [6, 6.07) is 2.38. The Hall–Kier alpha value is -3.94. The van der Waals surface area contributed by atoms with Crippen LogP contribution in [-0.2, 0) is 47.0 Å².